The van der Waals surface area contributed by atoms with Crippen molar-refractivity contribution in [1.82, 2.24) is 4.90 Å². The van der Waals surface area contributed by atoms with Gasteiger partial charge < -0.3 is 24.6 Å². The molecule has 0 aliphatic carbocycles. The molecule has 0 atom stereocenters. The Morgan fingerprint density at radius 3 is 2.59 bits per heavy atom. The van der Waals surface area contributed by atoms with Gasteiger partial charge in [-0.25, -0.2) is 4.79 Å². The molecule has 0 bridgehead atoms. The Balaban J connectivity index is 2.03. The number of hydrogen-bond donors (Lipinski definition) is 2. The van der Waals surface area contributed by atoms with Crippen LogP contribution in [0.4, 0.5) is 0 Å². The quantitative estimate of drug-likeness (QED) is 0.566. The van der Waals surface area contributed by atoms with Gasteiger partial charge in [-0.2, -0.15) is 0 Å². The second kappa shape index (κ2) is 8.41. The Hall–Kier alpha value is -0.690. The molecule has 6 nitrogen and oxygen atoms in total. The molecule has 1 aliphatic rings. The first-order valence-corrected chi connectivity index (χ1v) is 5.96. The summed E-state index contributed by atoms with van der Waals surface area (Å²) in [5.74, 6) is -0.912. The number of aliphatic carboxylic acids is 1. The van der Waals surface area contributed by atoms with Gasteiger partial charge in [0.15, 0.2) is 0 Å². The average molecular weight is 247 g/mol. The van der Waals surface area contributed by atoms with Crippen LogP contribution >= 0.6 is 0 Å². The summed E-state index contributed by atoms with van der Waals surface area (Å²) in [5, 5.41) is 17.0. The number of rotatable bonds is 8. The van der Waals surface area contributed by atoms with Crippen molar-refractivity contribution in [2.24, 2.45) is 0 Å². The van der Waals surface area contributed by atoms with Crippen LogP contribution in [0.1, 0.15) is 12.8 Å². The molecule has 17 heavy (non-hydrogen) atoms. The number of piperidine rings is 1. The van der Waals surface area contributed by atoms with E-state index in [1.165, 1.54) is 0 Å². The fourth-order valence-corrected chi connectivity index (χ4v) is 1.85. The predicted molar refractivity (Wildman–Crippen MR) is 61.0 cm³/mol. The van der Waals surface area contributed by atoms with Crippen LogP contribution in [-0.2, 0) is 14.3 Å². The molecule has 1 saturated heterocycles. The zero-order valence-corrected chi connectivity index (χ0v) is 10.0. The van der Waals surface area contributed by atoms with Gasteiger partial charge in [0.2, 0.25) is 0 Å². The minimum Gasteiger partial charge on any atom is -0.480 e. The minimum atomic E-state index is -0.912. The van der Waals surface area contributed by atoms with Crippen LogP contribution in [0.15, 0.2) is 0 Å². The topological polar surface area (TPSA) is 79.2 Å². The van der Waals surface area contributed by atoms with Gasteiger partial charge >= 0.3 is 5.97 Å². The highest BCUT2D eigenvalue weighted by Gasteiger charge is 2.19. The highest BCUT2D eigenvalue weighted by Crippen LogP contribution is 2.13. The van der Waals surface area contributed by atoms with Crippen LogP contribution in [0, 0.1) is 0 Å². The van der Waals surface area contributed by atoms with Crippen molar-refractivity contribution >= 4 is 5.97 Å². The smallest absolute Gasteiger partial charge is 0.329 e. The first kappa shape index (κ1) is 14.4. The van der Waals surface area contributed by atoms with Gasteiger partial charge in [-0.1, -0.05) is 0 Å². The number of carboxylic acid groups (broad SMARTS) is 1. The molecule has 2 N–H and O–H groups in total. The summed E-state index contributed by atoms with van der Waals surface area (Å²) in [6.07, 6.45) is 1.81. The van der Waals surface area contributed by atoms with E-state index in [0.29, 0.717) is 13.2 Å². The van der Waals surface area contributed by atoms with Crippen molar-refractivity contribution in [2.45, 2.75) is 18.9 Å². The molecule has 0 aromatic carbocycles. The maximum Gasteiger partial charge on any atom is 0.329 e. The Kier molecular flexibility index (Phi) is 7.11. The minimum absolute atomic E-state index is 0.0606. The first-order valence-electron chi connectivity index (χ1n) is 5.96. The van der Waals surface area contributed by atoms with Gasteiger partial charge in [-0.05, 0) is 12.8 Å². The standard InChI is InChI=1S/C11H21NO5/c13-6-8-16-7-5-12-3-1-10(2-4-12)17-9-11(14)15/h10,13H,1-9H2,(H,14,15). The Morgan fingerprint density at radius 1 is 1.29 bits per heavy atom. The zero-order valence-electron chi connectivity index (χ0n) is 10.0. The second-order valence-corrected chi connectivity index (χ2v) is 4.08. The number of nitrogens with zero attached hydrogens (tertiary/aromatic N) is 1. The van der Waals surface area contributed by atoms with Gasteiger partial charge in [0.25, 0.3) is 0 Å². The van der Waals surface area contributed by atoms with Crippen molar-refractivity contribution in [2.75, 3.05) is 46.1 Å². The van der Waals surface area contributed by atoms with E-state index in [0.717, 1.165) is 32.5 Å². The largest absolute Gasteiger partial charge is 0.480 e. The second-order valence-electron chi connectivity index (χ2n) is 4.08. The van der Waals surface area contributed by atoms with Crippen LogP contribution < -0.4 is 0 Å². The maximum absolute atomic E-state index is 10.3. The van der Waals surface area contributed by atoms with Gasteiger partial charge in [0.1, 0.15) is 6.61 Å². The molecule has 1 fully saturated rings. The summed E-state index contributed by atoms with van der Waals surface area (Å²) >= 11 is 0. The van der Waals surface area contributed by atoms with Gasteiger partial charge in [0, 0.05) is 19.6 Å². The maximum atomic E-state index is 10.3. The molecule has 0 aromatic rings. The molecular weight excluding hydrogens is 226 g/mol. The van der Waals surface area contributed by atoms with Crippen LogP contribution in [-0.4, -0.2) is 73.2 Å². The normalized spacial score (nSPS) is 18.4. The summed E-state index contributed by atoms with van der Waals surface area (Å²) in [6, 6.07) is 0. The molecule has 0 aromatic heterocycles. The lowest BCUT2D eigenvalue weighted by atomic mass is 10.1. The van der Waals surface area contributed by atoms with E-state index in [1.54, 1.807) is 0 Å². The molecule has 0 radical (unpaired) electrons. The summed E-state index contributed by atoms with van der Waals surface area (Å²) in [5.41, 5.74) is 0. The van der Waals surface area contributed by atoms with Crippen LogP contribution in [0.3, 0.4) is 0 Å². The molecule has 1 heterocycles. The van der Waals surface area contributed by atoms with Crippen molar-refractivity contribution < 1.29 is 24.5 Å². The van der Waals surface area contributed by atoms with Gasteiger partial charge in [0.05, 0.1) is 25.9 Å². The van der Waals surface area contributed by atoms with E-state index in [-0.39, 0.29) is 19.3 Å². The predicted octanol–water partition coefficient (Wildman–Crippen LogP) is -0.439. The summed E-state index contributed by atoms with van der Waals surface area (Å²) in [6.45, 7) is 3.54. The van der Waals surface area contributed by atoms with Crippen LogP contribution in [0.5, 0.6) is 0 Å². The monoisotopic (exact) mass is 247 g/mol. The fourth-order valence-electron chi connectivity index (χ4n) is 1.85. The van der Waals surface area contributed by atoms with Gasteiger partial charge in [-0.15, -0.1) is 0 Å². The van der Waals surface area contributed by atoms with E-state index < -0.39 is 5.97 Å². The third-order valence-electron chi connectivity index (χ3n) is 2.76. The highest BCUT2D eigenvalue weighted by atomic mass is 16.5. The molecule has 1 rings (SSSR count). The number of hydrogen-bond acceptors (Lipinski definition) is 5. The lowest BCUT2D eigenvalue weighted by Gasteiger charge is -2.31. The summed E-state index contributed by atoms with van der Waals surface area (Å²) in [7, 11) is 0. The molecule has 1 aliphatic heterocycles. The fraction of sp³-hybridized carbons (Fsp3) is 0.909. The van der Waals surface area contributed by atoms with Crippen molar-refractivity contribution in [3.05, 3.63) is 0 Å². The van der Waals surface area contributed by atoms with E-state index in [9.17, 15) is 4.79 Å². The van der Waals surface area contributed by atoms with E-state index in [2.05, 4.69) is 4.90 Å². The van der Waals surface area contributed by atoms with E-state index in [1.807, 2.05) is 0 Å². The molecule has 0 unspecified atom stereocenters. The van der Waals surface area contributed by atoms with Gasteiger partial charge in [-0.3, -0.25) is 0 Å². The lowest BCUT2D eigenvalue weighted by molar-refractivity contribution is -0.145. The van der Waals surface area contributed by atoms with Crippen LogP contribution in [0.25, 0.3) is 0 Å². The van der Waals surface area contributed by atoms with Crippen LogP contribution in [0.2, 0.25) is 0 Å². The highest BCUT2D eigenvalue weighted by molar-refractivity contribution is 5.68. The SMILES string of the molecule is O=C(O)COC1CCN(CCOCCO)CC1. The molecule has 0 spiro atoms. The van der Waals surface area contributed by atoms with E-state index in [4.69, 9.17) is 19.7 Å². The van der Waals surface area contributed by atoms with Crippen molar-refractivity contribution in [3.63, 3.8) is 0 Å². The lowest BCUT2D eigenvalue weighted by Crippen LogP contribution is -2.39. The Bertz CT molecular complexity index is 216. The zero-order chi connectivity index (χ0) is 12.5. The number of carboxylic acids is 1. The first-order chi connectivity index (χ1) is 8.22. The third kappa shape index (κ3) is 6.58. The molecular formula is C11H21NO5. The Morgan fingerprint density at radius 2 is 2.00 bits per heavy atom. The molecule has 0 saturated carbocycles. The molecule has 6 heteroatoms. The number of likely N-dealkylation sites (tertiary alicyclic amines) is 1. The summed E-state index contributed by atoms with van der Waals surface area (Å²) < 4.78 is 10.4. The average Bonchev–Trinajstić information content (AvgIpc) is 2.33. The third-order valence-corrected chi connectivity index (χ3v) is 2.76. The number of aliphatic hydroxyl groups is 1. The number of carbonyl (C=O) groups is 1. The number of aliphatic hydroxyl groups excluding tert-OH is 1. The van der Waals surface area contributed by atoms with Crippen molar-refractivity contribution in [1.29, 1.82) is 0 Å². The Labute approximate surface area is 101 Å². The molecule has 100 valence electrons. The van der Waals surface area contributed by atoms with Crippen molar-refractivity contribution in [3.8, 4) is 0 Å². The number of ether oxygens (including phenoxy) is 2. The summed E-state index contributed by atoms with van der Waals surface area (Å²) in [4.78, 5) is 12.6. The van der Waals surface area contributed by atoms with E-state index >= 15 is 0 Å². The molecule has 0 amide bonds.